The summed E-state index contributed by atoms with van der Waals surface area (Å²) in [5.41, 5.74) is 3.23. The van der Waals surface area contributed by atoms with E-state index in [1.165, 1.54) is 11.1 Å². The summed E-state index contributed by atoms with van der Waals surface area (Å²) in [5, 5.41) is 3.19. The van der Waals surface area contributed by atoms with Gasteiger partial charge in [0.05, 0.1) is 11.5 Å². The summed E-state index contributed by atoms with van der Waals surface area (Å²) >= 11 is 0. The van der Waals surface area contributed by atoms with Gasteiger partial charge in [-0.15, -0.1) is 0 Å². The zero-order valence-electron chi connectivity index (χ0n) is 12.2. The SMILES string of the molecule is Cc1cccc(CNCCS(=O)(=O)Cc2ccccc2)c1. The number of aryl methyl sites for hydroxylation is 1. The molecule has 21 heavy (non-hydrogen) atoms. The van der Waals surface area contributed by atoms with Gasteiger partial charge >= 0.3 is 0 Å². The first-order chi connectivity index (χ1) is 10.1. The summed E-state index contributed by atoms with van der Waals surface area (Å²) < 4.78 is 24.1. The van der Waals surface area contributed by atoms with Gasteiger partial charge in [-0.25, -0.2) is 8.42 Å². The molecule has 1 N–H and O–H groups in total. The molecule has 0 fully saturated rings. The smallest absolute Gasteiger partial charge is 0.155 e. The van der Waals surface area contributed by atoms with Crippen molar-refractivity contribution in [2.24, 2.45) is 0 Å². The Morgan fingerprint density at radius 1 is 0.952 bits per heavy atom. The molecule has 0 aliphatic rings. The van der Waals surface area contributed by atoms with Crippen molar-refractivity contribution in [2.75, 3.05) is 12.3 Å². The largest absolute Gasteiger partial charge is 0.312 e. The van der Waals surface area contributed by atoms with Crippen LogP contribution in [0.5, 0.6) is 0 Å². The molecule has 0 aliphatic carbocycles. The fourth-order valence-corrected chi connectivity index (χ4v) is 3.48. The Morgan fingerprint density at radius 2 is 1.67 bits per heavy atom. The van der Waals surface area contributed by atoms with Crippen LogP contribution in [0.15, 0.2) is 54.6 Å². The van der Waals surface area contributed by atoms with Crippen molar-refractivity contribution in [3.8, 4) is 0 Å². The van der Waals surface area contributed by atoms with E-state index in [4.69, 9.17) is 0 Å². The molecule has 0 aliphatic heterocycles. The lowest BCUT2D eigenvalue weighted by molar-refractivity contribution is 0.590. The Kier molecular flexibility index (Phi) is 5.53. The van der Waals surface area contributed by atoms with Crippen molar-refractivity contribution in [1.82, 2.24) is 5.32 Å². The third kappa shape index (κ3) is 5.69. The number of rotatable bonds is 7. The predicted molar refractivity (Wildman–Crippen MR) is 86.8 cm³/mol. The van der Waals surface area contributed by atoms with Gasteiger partial charge in [0.1, 0.15) is 0 Å². The van der Waals surface area contributed by atoms with E-state index in [1.807, 2.05) is 55.5 Å². The Labute approximate surface area is 126 Å². The third-order valence-electron chi connectivity index (χ3n) is 3.23. The second-order valence-corrected chi connectivity index (χ2v) is 7.43. The summed E-state index contributed by atoms with van der Waals surface area (Å²) in [5.74, 6) is 0.272. The van der Waals surface area contributed by atoms with Gasteiger partial charge in [-0.05, 0) is 18.1 Å². The van der Waals surface area contributed by atoms with Gasteiger partial charge in [-0.1, -0.05) is 60.2 Å². The second kappa shape index (κ2) is 7.38. The van der Waals surface area contributed by atoms with E-state index in [2.05, 4.69) is 11.4 Å². The minimum absolute atomic E-state index is 0.111. The molecule has 0 bridgehead atoms. The van der Waals surface area contributed by atoms with Crippen molar-refractivity contribution in [3.05, 3.63) is 71.3 Å². The molecule has 0 unspecified atom stereocenters. The lowest BCUT2D eigenvalue weighted by Crippen LogP contribution is -2.23. The summed E-state index contributed by atoms with van der Waals surface area (Å²) in [6, 6.07) is 17.5. The molecule has 0 aromatic heterocycles. The third-order valence-corrected chi connectivity index (χ3v) is 4.83. The Balaban J connectivity index is 1.77. The number of hydrogen-bond donors (Lipinski definition) is 1. The highest BCUT2D eigenvalue weighted by Gasteiger charge is 2.11. The molecule has 4 heteroatoms. The first-order valence-electron chi connectivity index (χ1n) is 7.06. The number of nitrogens with one attached hydrogen (secondary N) is 1. The normalized spacial score (nSPS) is 11.5. The molecule has 0 saturated heterocycles. The highest BCUT2D eigenvalue weighted by atomic mass is 32.2. The summed E-state index contributed by atoms with van der Waals surface area (Å²) in [4.78, 5) is 0. The summed E-state index contributed by atoms with van der Waals surface area (Å²) in [7, 11) is -3.06. The average molecular weight is 303 g/mol. The maximum atomic E-state index is 12.0. The maximum absolute atomic E-state index is 12.0. The van der Waals surface area contributed by atoms with Crippen LogP contribution >= 0.6 is 0 Å². The minimum Gasteiger partial charge on any atom is -0.312 e. The fraction of sp³-hybridized carbons (Fsp3) is 0.294. The van der Waals surface area contributed by atoms with Crippen LogP contribution in [-0.2, 0) is 22.1 Å². The van der Waals surface area contributed by atoms with Crippen molar-refractivity contribution >= 4 is 9.84 Å². The Morgan fingerprint density at radius 3 is 2.38 bits per heavy atom. The van der Waals surface area contributed by atoms with E-state index in [1.54, 1.807) is 0 Å². The molecular weight excluding hydrogens is 282 g/mol. The van der Waals surface area contributed by atoms with Crippen LogP contribution < -0.4 is 5.32 Å². The average Bonchev–Trinajstić information content (AvgIpc) is 2.44. The van der Waals surface area contributed by atoms with Crippen LogP contribution in [0.1, 0.15) is 16.7 Å². The van der Waals surface area contributed by atoms with Gasteiger partial charge < -0.3 is 5.32 Å². The highest BCUT2D eigenvalue weighted by Crippen LogP contribution is 2.06. The molecular formula is C17H21NO2S. The number of sulfone groups is 1. The minimum atomic E-state index is -3.06. The van der Waals surface area contributed by atoms with E-state index >= 15 is 0 Å². The molecule has 0 atom stereocenters. The zero-order chi connectivity index (χ0) is 15.1. The van der Waals surface area contributed by atoms with Crippen molar-refractivity contribution in [1.29, 1.82) is 0 Å². The van der Waals surface area contributed by atoms with Crippen molar-refractivity contribution < 1.29 is 8.42 Å². The van der Waals surface area contributed by atoms with Crippen LogP contribution in [0.4, 0.5) is 0 Å². The molecule has 3 nitrogen and oxygen atoms in total. The molecule has 0 saturated carbocycles. The molecule has 2 aromatic rings. The van der Waals surface area contributed by atoms with E-state index in [0.717, 1.165) is 5.56 Å². The highest BCUT2D eigenvalue weighted by molar-refractivity contribution is 7.90. The van der Waals surface area contributed by atoms with E-state index in [0.29, 0.717) is 13.1 Å². The van der Waals surface area contributed by atoms with Crippen LogP contribution in [0.2, 0.25) is 0 Å². The fourth-order valence-electron chi connectivity index (χ4n) is 2.18. The van der Waals surface area contributed by atoms with Crippen molar-refractivity contribution in [3.63, 3.8) is 0 Å². The van der Waals surface area contributed by atoms with Crippen LogP contribution in [0.25, 0.3) is 0 Å². The van der Waals surface area contributed by atoms with E-state index < -0.39 is 9.84 Å². The van der Waals surface area contributed by atoms with Gasteiger partial charge in [0.25, 0.3) is 0 Å². The first-order valence-corrected chi connectivity index (χ1v) is 8.88. The summed E-state index contributed by atoms with van der Waals surface area (Å²) in [6.07, 6.45) is 0. The molecule has 2 aromatic carbocycles. The Hall–Kier alpha value is -1.65. The monoisotopic (exact) mass is 303 g/mol. The first kappa shape index (κ1) is 15.7. The lowest BCUT2D eigenvalue weighted by atomic mass is 10.1. The quantitative estimate of drug-likeness (QED) is 0.800. The second-order valence-electron chi connectivity index (χ2n) is 5.24. The molecule has 0 heterocycles. The zero-order valence-corrected chi connectivity index (χ0v) is 13.1. The lowest BCUT2D eigenvalue weighted by Gasteiger charge is -2.07. The van der Waals surface area contributed by atoms with Gasteiger partial charge in [0, 0.05) is 13.1 Å². The topological polar surface area (TPSA) is 46.2 Å². The molecule has 0 radical (unpaired) electrons. The van der Waals surface area contributed by atoms with E-state index in [-0.39, 0.29) is 11.5 Å². The van der Waals surface area contributed by atoms with Gasteiger partial charge in [0.2, 0.25) is 0 Å². The molecule has 112 valence electrons. The number of benzene rings is 2. The van der Waals surface area contributed by atoms with Crippen LogP contribution in [0.3, 0.4) is 0 Å². The van der Waals surface area contributed by atoms with Gasteiger partial charge in [-0.2, -0.15) is 0 Å². The summed E-state index contributed by atoms with van der Waals surface area (Å²) in [6.45, 7) is 3.22. The molecule has 2 rings (SSSR count). The maximum Gasteiger partial charge on any atom is 0.155 e. The predicted octanol–water partition coefficient (Wildman–Crippen LogP) is 2.70. The standard InChI is InChI=1S/C17H21NO2S/c1-15-6-5-9-17(12-15)13-18-10-11-21(19,20)14-16-7-3-2-4-8-16/h2-9,12,18H,10-11,13-14H2,1H3. The number of hydrogen-bond acceptors (Lipinski definition) is 3. The molecule has 0 amide bonds. The van der Waals surface area contributed by atoms with E-state index in [9.17, 15) is 8.42 Å². The molecule has 0 spiro atoms. The van der Waals surface area contributed by atoms with Gasteiger partial charge in [0.15, 0.2) is 9.84 Å². The Bertz CT molecular complexity index is 666. The van der Waals surface area contributed by atoms with Crippen LogP contribution in [-0.4, -0.2) is 20.7 Å². The van der Waals surface area contributed by atoms with Gasteiger partial charge in [-0.3, -0.25) is 0 Å². The van der Waals surface area contributed by atoms with Crippen molar-refractivity contribution in [2.45, 2.75) is 19.2 Å². The van der Waals surface area contributed by atoms with Crippen LogP contribution in [0, 0.1) is 6.92 Å².